The van der Waals surface area contributed by atoms with Crippen molar-refractivity contribution < 1.29 is 27.1 Å². The molecule has 44 heavy (non-hydrogen) atoms. The number of hydrogen-bond acceptors (Lipinski definition) is 5. The predicted octanol–water partition coefficient (Wildman–Crippen LogP) is 6.59. The van der Waals surface area contributed by atoms with E-state index in [1.54, 1.807) is 25.1 Å². The lowest BCUT2D eigenvalue weighted by atomic mass is 10.1. The van der Waals surface area contributed by atoms with Crippen molar-refractivity contribution in [3.05, 3.63) is 88.2 Å². The minimum atomic E-state index is -4.33. The molecule has 3 aromatic rings. The minimum Gasteiger partial charge on any atom is -0.494 e. The van der Waals surface area contributed by atoms with Crippen molar-refractivity contribution in [2.24, 2.45) is 0 Å². The van der Waals surface area contributed by atoms with E-state index in [4.69, 9.17) is 27.9 Å². The van der Waals surface area contributed by atoms with Crippen LogP contribution in [0, 0.1) is 5.82 Å². The molecule has 12 heteroatoms. The second-order valence-corrected chi connectivity index (χ2v) is 13.2. The molecule has 2 amide bonds. The average Bonchev–Trinajstić information content (AvgIpc) is 3.51. The number of halogens is 3. The summed E-state index contributed by atoms with van der Waals surface area (Å²) in [7, 11) is -4.33. The Balaban J connectivity index is 1.73. The van der Waals surface area contributed by atoms with E-state index in [1.165, 1.54) is 41.3 Å². The van der Waals surface area contributed by atoms with Crippen LogP contribution in [-0.4, -0.2) is 50.4 Å². The van der Waals surface area contributed by atoms with Gasteiger partial charge in [-0.25, -0.2) is 12.8 Å². The molecular formula is C32H36Cl2FN3O5S. The highest BCUT2D eigenvalue weighted by Gasteiger charge is 2.35. The fourth-order valence-corrected chi connectivity index (χ4v) is 7.21. The number of rotatable bonds is 13. The van der Waals surface area contributed by atoms with Crippen LogP contribution < -0.4 is 14.4 Å². The molecule has 236 valence electrons. The zero-order chi connectivity index (χ0) is 31.9. The van der Waals surface area contributed by atoms with Gasteiger partial charge < -0.3 is 15.0 Å². The molecule has 8 nitrogen and oxygen atoms in total. The number of ether oxygens (including phenoxy) is 1. The highest BCUT2D eigenvalue weighted by atomic mass is 35.5. The third-order valence-electron chi connectivity index (χ3n) is 7.59. The van der Waals surface area contributed by atoms with Crippen molar-refractivity contribution >= 4 is 50.7 Å². The Morgan fingerprint density at radius 3 is 2.16 bits per heavy atom. The largest absolute Gasteiger partial charge is 0.494 e. The number of carbonyl (C=O) groups is 2. The van der Waals surface area contributed by atoms with E-state index in [1.807, 2.05) is 6.92 Å². The number of nitrogens with zero attached hydrogens (tertiary/aromatic N) is 2. The van der Waals surface area contributed by atoms with Gasteiger partial charge in [-0.3, -0.25) is 13.9 Å². The summed E-state index contributed by atoms with van der Waals surface area (Å²) in [6.45, 7) is 3.19. The Morgan fingerprint density at radius 1 is 0.977 bits per heavy atom. The average molecular weight is 665 g/mol. The Kier molecular flexibility index (Phi) is 11.5. The molecule has 0 aliphatic heterocycles. The Morgan fingerprint density at radius 2 is 1.59 bits per heavy atom. The molecule has 1 aliphatic carbocycles. The smallest absolute Gasteiger partial charge is 0.264 e. The van der Waals surface area contributed by atoms with E-state index < -0.39 is 34.3 Å². The molecule has 1 unspecified atom stereocenters. The van der Waals surface area contributed by atoms with Gasteiger partial charge in [0.15, 0.2) is 0 Å². The summed E-state index contributed by atoms with van der Waals surface area (Å²) in [6, 6.07) is 14.6. The number of sulfonamides is 1. The molecule has 3 aromatic carbocycles. The Hall–Kier alpha value is -3.34. The summed E-state index contributed by atoms with van der Waals surface area (Å²) in [4.78, 5) is 29.0. The van der Waals surface area contributed by atoms with Gasteiger partial charge in [0, 0.05) is 28.2 Å². The third-order valence-corrected chi connectivity index (χ3v) is 10.1. The van der Waals surface area contributed by atoms with Crippen molar-refractivity contribution in [1.29, 1.82) is 0 Å². The van der Waals surface area contributed by atoms with E-state index >= 15 is 0 Å². The number of anilines is 1. The van der Waals surface area contributed by atoms with Crippen LogP contribution in [0.25, 0.3) is 0 Å². The zero-order valence-electron chi connectivity index (χ0n) is 24.6. The van der Waals surface area contributed by atoms with E-state index in [-0.39, 0.29) is 35.5 Å². The highest BCUT2D eigenvalue weighted by molar-refractivity contribution is 7.92. The van der Waals surface area contributed by atoms with E-state index in [2.05, 4.69) is 5.32 Å². The monoisotopic (exact) mass is 663 g/mol. The first-order valence-corrected chi connectivity index (χ1v) is 16.8. The van der Waals surface area contributed by atoms with Gasteiger partial charge in [0.05, 0.1) is 17.2 Å². The van der Waals surface area contributed by atoms with Gasteiger partial charge >= 0.3 is 0 Å². The van der Waals surface area contributed by atoms with Gasteiger partial charge in [-0.1, -0.05) is 49.0 Å². The van der Waals surface area contributed by atoms with Crippen molar-refractivity contribution in [3.63, 3.8) is 0 Å². The molecule has 1 saturated carbocycles. The molecule has 4 rings (SSSR count). The lowest BCUT2D eigenvalue weighted by molar-refractivity contribution is -0.140. The molecule has 0 aromatic heterocycles. The summed E-state index contributed by atoms with van der Waals surface area (Å²) in [5.74, 6) is -1.08. The summed E-state index contributed by atoms with van der Waals surface area (Å²) in [5.41, 5.74) is 0.506. The fraction of sp³-hybridized carbons (Fsp3) is 0.375. The number of carbonyl (C=O) groups excluding carboxylic acids is 2. The summed E-state index contributed by atoms with van der Waals surface area (Å²) < 4.78 is 48.3. The number of nitrogens with one attached hydrogen (secondary N) is 1. The van der Waals surface area contributed by atoms with Crippen molar-refractivity contribution in [2.45, 2.75) is 69.5 Å². The zero-order valence-corrected chi connectivity index (χ0v) is 27.0. The SMILES string of the molecule is CCOc1ccc(S(=O)(=O)N(CC(=O)N(Cc2c(Cl)cccc2Cl)C(CC)C(=O)NC2CCCC2)c2ccc(F)cc2)cc1. The molecule has 0 heterocycles. The molecular weight excluding hydrogens is 628 g/mol. The molecule has 1 N–H and O–H groups in total. The summed E-state index contributed by atoms with van der Waals surface area (Å²) in [6.07, 6.45) is 3.98. The summed E-state index contributed by atoms with van der Waals surface area (Å²) in [5, 5.41) is 3.67. The first-order chi connectivity index (χ1) is 21.0. The Bertz CT molecular complexity index is 1530. The van der Waals surface area contributed by atoms with Gasteiger partial charge in [-0.2, -0.15) is 0 Å². The van der Waals surface area contributed by atoms with Gasteiger partial charge in [0.1, 0.15) is 24.2 Å². The predicted molar refractivity (Wildman–Crippen MR) is 170 cm³/mol. The van der Waals surface area contributed by atoms with Crippen molar-refractivity contribution in [1.82, 2.24) is 10.2 Å². The minimum absolute atomic E-state index is 0.00755. The molecule has 1 aliphatic rings. The van der Waals surface area contributed by atoms with Crippen molar-refractivity contribution in [2.75, 3.05) is 17.5 Å². The second-order valence-electron chi connectivity index (χ2n) is 10.5. The molecule has 0 radical (unpaired) electrons. The van der Waals surface area contributed by atoms with E-state index in [9.17, 15) is 22.4 Å². The highest BCUT2D eigenvalue weighted by Crippen LogP contribution is 2.29. The van der Waals surface area contributed by atoms with Gasteiger partial charge in [-0.05, 0) is 86.8 Å². The number of amides is 2. The first kappa shape index (κ1) is 33.6. The van der Waals surface area contributed by atoms with Crippen molar-refractivity contribution in [3.8, 4) is 5.75 Å². The van der Waals surface area contributed by atoms with E-state index in [0.29, 0.717) is 28.0 Å². The maximum Gasteiger partial charge on any atom is 0.264 e. The van der Waals surface area contributed by atoms with E-state index in [0.717, 1.165) is 42.1 Å². The Labute approximate surface area is 268 Å². The van der Waals surface area contributed by atoms with Crippen LogP contribution in [0.5, 0.6) is 5.75 Å². The fourth-order valence-electron chi connectivity index (χ4n) is 5.28. The molecule has 0 spiro atoms. The normalized spacial score (nSPS) is 14.2. The standard InChI is InChI=1S/C32H36Cl2FN3O5S/c1-3-30(32(40)36-23-8-5-6-9-23)37(20-27-28(33)10-7-11-29(27)34)31(39)21-38(24-14-12-22(35)13-15-24)44(41,42)26-18-16-25(17-19-26)43-4-2/h7,10-19,23,30H,3-6,8-9,20-21H2,1-2H3,(H,36,40). The second kappa shape index (κ2) is 15.1. The lowest BCUT2D eigenvalue weighted by Gasteiger charge is -2.34. The van der Waals surface area contributed by atoms with Gasteiger partial charge in [0.2, 0.25) is 11.8 Å². The molecule has 0 bridgehead atoms. The maximum absolute atomic E-state index is 14.2. The van der Waals surface area contributed by atoms with Crippen LogP contribution in [0.3, 0.4) is 0 Å². The van der Waals surface area contributed by atoms with Crippen LogP contribution in [0.4, 0.5) is 10.1 Å². The maximum atomic E-state index is 14.2. The molecule has 0 saturated heterocycles. The van der Waals surface area contributed by atoms with Gasteiger partial charge in [-0.15, -0.1) is 0 Å². The number of hydrogen-bond donors (Lipinski definition) is 1. The first-order valence-electron chi connectivity index (χ1n) is 14.6. The van der Waals surface area contributed by atoms with Crippen LogP contribution in [-0.2, 0) is 26.2 Å². The topological polar surface area (TPSA) is 96.0 Å². The number of benzene rings is 3. The van der Waals surface area contributed by atoms with Crippen LogP contribution in [0.2, 0.25) is 10.0 Å². The van der Waals surface area contributed by atoms with Crippen LogP contribution >= 0.6 is 23.2 Å². The van der Waals surface area contributed by atoms with Crippen LogP contribution in [0.1, 0.15) is 51.5 Å². The quantitative estimate of drug-likeness (QED) is 0.223. The van der Waals surface area contributed by atoms with Crippen LogP contribution in [0.15, 0.2) is 71.6 Å². The van der Waals surface area contributed by atoms with Gasteiger partial charge in [0.25, 0.3) is 10.0 Å². The molecule has 1 atom stereocenters. The lowest BCUT2D eigenvalue weighted by Crippen LogP contribution is -2.53. The third kappa shape index (κ3) is 8.02. The summed E-state index contributed by atoms with van der Waals surface area (Å²) >= 11 is 12.9. The molecule has 1 fully saturated rings.